The van der Waals surface area contributed by atoms with E-state index in [0.717, 1.165) is 16.7 Å². The monoisotopic (exact) mass is 416 g/mol. The number of rotatable bonds is 2. The Hall–Kier alpha value is -3.44. The van der Waals surface area contributed by atoms with Crippen LogP contribution in [0.4, 0.5) is 5.82 Å². The number of aryl methyl sites for hydroxylation is 2. The zero-order valence-electron chi connectivity index (χ0n) is 16.3. The summed E-state index contributed by atoms with van der Waals surface area (Å²) in [6.07, 6.45) is 1.62. The zero-order valence-corrected chi connectivity index (χ0v) is 17.1. The Kier molecular flexibility index (Phi) is 4.22. The molecule has 0 saturated heterocycles. The van der Waals surface area contributed by atoms with Gasteiger partial charge in [-0.1, -0.05) is 47.5 Å². The van der Waals surface area contributed by atoms with Crippen LogP contribution in [0.5, 0.6) is 0 Å². The number of aromatic nitrogens is 1. The first kappa shape index (κ1) is 18.6. The van der Waals surface area contributed by atoms with E-state index in [2.05, 4.69) is 4.98 Å². The second kappa shape index (κ2) is 6.82. The molecule has 0 fully saturated rings. The molecule has 0 aliphatic carbocycles. The van der Waals surface area contributed by atoms with Gasteiger partial charge in [-0.05, 0) is 49.2 Å². The average molecular weight is 417 g/mol. The van der Waals surface area contributed by atoms with Crippen LogP contribution in [-0.2, 0) is 0 Å². The smallest absolute Gasteiger partial charge is 0.296 e. The van der Waals surface area contributed by atoms with Crippen molar-refractivity contribution < 1.29 is 9.21 Å². The SMILES string of the molecule is Cc1ccc([C@@H]2c3c(oc4cc(C)c(Cl)cc4c3=O)C(=O)N2c2ccccn2)cc1. The minimum atomic E-state index is -0.635. The van der Waals surface area contributed by atoms with Crippen LogP contribution >= 0.6 is 11.6 Å². The van der Waals surface area contributed by atoms with Crippen LogP contribution in [0.25, 0.3) is 11.0 Å². The van der Waals surface area contributed by atoms with E-state index in [0.29, 0.717) is 27.4 Å². The van der Waals surface area contributed by atoms with Crippen LogP contribution < -0.4 is 10.3 Å². The van der Waals surface area contributed by atoms with Gasteiger partial charge in [-0.25, -0.2) is 4.98 Å². The molecule has 0 N–H and O–H groups in total. The molecule has 0 saturated carbocycles. The van der Waals surface area contributed by atoms with Crippen molar-refractivity contribution in [1.29, 1.82) is 0 Å². The molecule has 0 spiro atoms. The van der Waals surface area contributed by atoms with Crippen molar-refractivity contribution in [2.24, 2.45) is 0 Å². The number of carbonyl (C=O) groups is 1. The topological polar surface area (TPSA) is 63.4 Å². The van der Waals surface area contributed by atoms with Gasteiger partial charge in [0, 0.05) is 11.2 Å². The fourth-order valence-electron chi connectivity index (χ4n) is 3.89. The van der Waals surface area contributed by atoms with E-state index in [-0.39, 0.29) is 17.1 Å². The lowest BCUT2D eigenvalue weighted by atomic mass is 9.97. The van der Waals surface area contributed by atoms with Gasteiger partial charge in [0.05, 0.1) is 17.0 Å². The van der Waals surface area contributed by atoms with Crippen molar-refractivity contribution in [2.75, 3.05) is 4.90 Å². The van der Waals surface area contributed by atoms with Gasteiger partial charge < -0.3 is 4.42 Å². The molecular weight excluding hydrogens is 400 g/mol. The zero-order chi connectivity index (χ0) is 21.0. The van der Waals surface area contributed by atoms with Gasteiger partial charge in [-0.2, -0.15) is 0 Å². The maximum atomic E-state index is 13.5. The Bertz CT molecular complexity index is 1360. The molecule has 148 valence electrons. The predicted octanol–water partition coefficient (Wildman–Crippen LogP) is 5.21. The Balaban J connectivity index is 1.83. The lowest BCUT2D eigenvalue weighted by Gasteiger charge is -2.24. The molecule has 0 unspecified atom stereocenters. The van der Waals surface area contributed by atoms with Crippen LogP contribution in [0, 0.1) is 13.8 Å². The highest BCUT2D eigenvalue weighted by Crippen LogP contribution is 2.40. The summed E-state index contributed by atoms with van der Waals surface area (Å²) in [7, 11) is 0. The Morgan fingerprint density at radius 1 is 1.03 bits per heavy atom. The fourth-order valence-corrected chi connectivity index (χ4v) is 4.05. The van der Waals surface area contributed by atoms with Crippen LogP contribution in [0.1, 0.15) is 38.9 Å². The number of halogens is 1. The van der Waals surface area contributed by atoms with Crippen molar-refractivity contribution in [2.45, 2.75) is 19.9 Å². The molecule has 0 bridgehead atoms. The van der Waals surface area contributed by atoms with Gasteiger partial charge in [0.2, 0.25) is 5.76 Å². The normalized spacial score (nSPS) is 15.6. The average Bonchev–Trinajstić information content (AvgIpc) is 3.04. The van der Waals surface area contributed by atoms with Crippen LogP contribution in [0.2, 0.25) is 5.02 Å². The van der Waals surface area contributed by atoms with E-state index in [4.69, 9.17) is 16.0 Å². The second-order valence-corrected chi connectivity index (χ2v) is 7.86. The van der Waals surface area contributed by atoms with Crippen molar-refractivity contribution in [3.63, 3.8) is 0 Å². The standard InChI is InChI=1S/C24H17ClN2O3/c1-13-6-8-15(9-7-13)21-20-22(28)16-12-17(25)14(2)11-18(16)30-23(20)24(29)27(21)19-5-3-4-10-26-19/h3-12,21H,1-2H3/t21-/m1/s1. The Morgan fingerprint density at radius 2 is 1.80 bits per heavy atom. The van der Waals surface area contributed by atoms with Gasteiger partial charge in [-0.3, -0.25) is 14.5 Å². The summed E-state index contributed by atoms with van der Waals surface area (Å²) >= 11 is 6.27. The lowest BCUT2D eigenvalue weighted by Crippen LogP contribution is -2.30. The molecule has 1 amide bonds. The molecule has 1 aliphatic rings. The molecule has 4 aromatic rings. The second-order valence-electron chi connectivity index (χ2n) is 7.45. The summed E-state index contributed by atoms with van der Waals surface area (Å²) in [6.45, 7) is 3.81. The number of pyridine rings is 1. The Morgan fingerprint density at radius 3 is 2.50 bits per heavy atom. The van der Waals surface area contributed by atoms with Gasteiger partial charge in [0.25, 0.3) is 5.91 Å². The van der Waals surface area contributed by atoms with Crippen LogP contribution in [0.15, 0.2) is 70.0 Å². The van der Waals surface area contributed by atoms with Gasteiger partial charge in [0.15, 0.2) is 5.43 Å². The molecule has 0 radical (unpaired) electrons. The number of hydrogen-bond acceptors (Lipinski definition) is 4. The van der Waals surface area contributed by atoms with Crippen molar-refractivity contribution in [3.8, 4) is 0 Å². The number of fused-ring (bicyclic) bond motifs is 2. The van der Waals surface area contributed by atoms with E-state index < -0.39 is 6.04 Å². The third kappa shape index (κ3) is 2.74. The lowest BCUT2D eigenvalue weighted by molar-refractivity contribution is 0.0970. The summed E-state index contributed by atoms with van der Waals surface area (Å²) in [5.41, 5.74) is 3.06. The molecule has 30 heavy (non-hydrogen) atoms. The Labute approximate surface area is 177 Å². The van der Waals surface area contributed by atoms with Gasteiger partial charge in [-0.15, -0.1) is 0 Å². The molecule has 2 aromatic heterocycles. The summed E-state index contributed by atoms with van der Waals surface area (Å²) in [5.74, 6) is 0.114. The number of nitrogens with zero attached hydrogens (tertiary/aromatic N) is 2. The van der Waals surface area contributed by atoms with Crippen molar-refractivity contribution >= 4 is 34.3 Å². The number of hydrogen-bond donors (Lipinski definition) is 0. The molecule has 3 heterocycles. The third-order valence-corrected chi connectivity index (χ3v) is 5.85. The van der Waals surface area contributed by atoms with Gasteiger partial charge in [0.1, 0.15) is 11.4 Å². The highest BCUT2D eigenvalue weighted by Gasteiger charge is 2.44. The first-order valence-corrected chi connectivity index (χ1v) is 9.91. The predicted molar refractivity (Wildman–Crippen MR) is 116 cm³/mol. The van der Waals surface area contributed by atoms with Crippen molar-refractivity contribution in [3.05, 3.63) is 104 Å². The molecule has 5 rings (SSSR count). The maximum absolute atomic E-state index is 13.5. The van der Waals surface area contributed by atoms with Crippen LogP contribution in [0.3, 0.4) is 0 Å². The molecule has 1 atom stereocenters. The number of amides is 1. The highest BCUT2D eigenvalue weighted by atomic mass is 35.5. The first-order chi connectivity index (χ1) is 14.5. The molecule has 5 nitrogen and oxygen atoms in total. The van der Waals surface area contributed by atoms with E-state index >= 15 is 0 Å². The number of anilines is 1. The van der Waals surface area contributed by atoms with Crippen molar-refractivity contribution in [1.82, 2.24) is 4.98 Å². The van der Waals surface area contributed by atoms with E-state index in [1.54, 1.807) is 36.5 Å². The van der Waals surface area contributed by atoms with E-state index in [9.17, 15) is 9.59 Å². The molecule has 2 aromatic carbocycles. The minimum absolute atomic E-state index is 0.0467. The summed E-state index contributed by atoms with van der Waals surface area (Å²) in [5, 5.41) is 0.838. The molecule has 1 aliphatic heterocycles. The first-order valence-electron chi connectivity index (χ1n) is 9.53. The number of carbonyl (C=O) groups excluding carboxylic acids is 1. The summed E-state index contributed by atoms with van der Waals surface area (Å²) < 4.78 is 5.98. The summed E-state index contributed by atoms with van der Waals surface area (Å²) in [6, 6.07) is 15.7. The fraction of sp³-hybridized carbons (Fsp3) is 0.125. The maximum Gasteiger partial charge on any atom is 0.296 e. The highest BCUT2D eigenvalue weighted by molar-refractivity contribution is 6.32. The molecule has 6 heteroatoms. The third-order valence-electron chi connectivity index (χ3n) is 5.44. The van der Waals surface area contributed by atoms with E-state index in [1.807, 2.05) is 38.1 Å². The van der Waals surface area contributed by atoms with E-state index in [1.165, 1.54) is 4.90 Å². The largest absolute Gasteiger partial charge is 0.450 e. The van der Waals surface area contributed by atoms with Crippen LogP contribution in [-0.4, -0.2) is 10.9 Å². The number of benzene rings is 2. The summed E-state index contributed by atoms with van der Waals surface area (Å²) in [4.78, 5) is 32.8. The molecular formula is C24H17ClN2O3. The quantitative estimate of drug-likeness (QED) is 0.450. The minimum Gasteiger partial charge on any atom is -0.450 e. The van der Waals surface area contributed by atoms with Gasteiger partial charge >= 0.3 is 0 Å².